The fourth-order valence-corrected chi connectivity index (χ4v) is 5.36. The second-order valence-corrected chi connectivity index (χ2v) is 9.15. The van der Waals surface area contributed by atoms with E-state index in [9.17, 15) is 9.59 Å². The van der Waals surface area contributed by atoms with Crippen LogP contribution in [0, 0.1) is 0 Å². The summed E-state index contributed by atoms with van der Waals surface area (Å²) >= 11 is 0. The standard InChI is InChI=1S/C27H30N4O3/c1-4-13-28-14-8-15-30-25(32)27(2)17-21-20-16-19(34-3)11-12-22(20)29-23(21)24(31(27)26(30)33)18-9-6-5-7-10-18/h4-7,9-12,16,24,28-29H,1,8,13-15,17H2,2-3H3/t24?,27-/m0/s1. The number of benzene rings is 2. The Balaban J connectivity index is 1.59. The third kappa shape index (κ3) is 3.39. The first-order valence-corrected chi connectivity index (χ1v) is 11.7. The molecule has 5 rings (SSSR count). The van der Waals surface area contributed by atoms with Crippen molar-refractivity contribution >= 4 is 22.8 Å². The molecule has 1 saturated heterocycles. The van der Waals surface area contributed by atoms with Crippen LogP contribution in [-0.2, 0) is 11.2 Å². The van der Waals surface area contributed by atoms with Gasteiger partial charge in [0.25, 0.3) is 5.91 Å². The molecule has 3 heterocycles. The first-order chi connectivity index (χ1) is 16.5. The number of fused-ring (bicyclic) bond motifs is 4. The average molecular weight is 459 g/mol. The van der Waals surface area contributed by atoms with Gasteiger partial charge in [-0.3, -0.25) is 14.6 Å². The van der Waals surface area contributed by atoms with Gasteiger partial charge in [0.05, 0.1) is 7.11 Å². The molecule has 2 aromatic carbocycles. The summed E-state index contributed by atoms with van der Waals surface area (Å²) in [7, 11) is 1.65. The second-order valence-electron chi connectivity index (χ2n) is 9.15. The fourth-order valence-electron chi connectivity index (χ4n) is 5.36. The van der Waals surface area contributed by atoms with Crippen molar-refractivity contribution in [2.45, 2.75) is 31.3 Å². The maximum absolute atomic E-state index is 13.8. The summed E-state index contributed by atoms with van der Waals surface area (Å²) in [6.07, 6.45) is 2.94. The van der Waals surface area contributed by atoms with Gasteiger partial charge in [0.15, 0.2) is 0 Å². The number of hydrogen-bond acceptors (Lipinski definition) is 4. The summed E-state index contributed by atoms with van der Waals surface area (Å²) in [6, 6.07) is 15.3. The van der Waals surface area contributed by atoms with Crippen LogP contribution < -0.4 is 10.1 Å². The first-order valence-electron chi connectivity index (χ1n) is 11.7. The van der Waals surface area contributed by atoms with Crippen molar-refractivity contribution in [2.24, 2.45) is 0 Å². The number of methoxy groups -OCH3 is 1. The topological polar surface area (TPSA) is 77.7 Å². The number of nitrogens with zero attached hydrogens (tertiary/aromatic N) is 2. The van der Waals surface area contributed by atoms with Gasteiger partial charge in [0.1, 0.15) is 17.3 Å². The molecule has 7 nitrogen and oxygen atoms in total. The molecule has 0 spiro atoms. The molecule has 34 heavy (non-hydrogen) atoms. The molecule has 2 atom stereocenters. The number of ether oxygens (including phenoxy) is 1. The highest BCUT2D eigenvalue weighted by Gasteiger charge is 2.59. The normalized spacial score (nSPS) is 21.6. The summed E-state index contributed by atoms with van der Waals surface area (Å²) in [4.78, 5) is 34.3. The quantitative estimate of drug-likeness (QED) is 0.304. The van der Waals surface area contributed by atoms with Crippen LogP contribution in [0.15, 0.2) is 61.2 Å². The highest BCUT2D eigenvalue weighted by molar-refractivity contribution is 6.08. The zero-order chi connectivity index (χ0) is 23.9. The number of amides is 3. The predicted octanol–water partition coefficient (Wildman–Crippen LogP) is 4.01. The molecule has 176 valence electrons. The van der Waals surface area contributed by atoms with Crippen molar-refractivity contribution in [3.8, 4) is 5.75 Å². The highest BCUT2D eigenvalue weighted by atomic mass is 16.5. The number of aromatic amines is 1. The lowest BCUT2D eigenvalue weighted by Crippen LogP contribution is -2.53. The molecule has 1 unspecified atom stereocenters. The monoisotopic (exact) mass is 458 g/mol. The summed E-state index contributed by atoms with van der Waals surface area (Å²) < 4.78 is 5.47. The number of urea groups is 1. The number of hydrogen-bond donors (Lipinski definition) is 2. The lowest BCUT2D eigenvalue weighted by atomic mass is 9.81. The minimum Gasteiger partial charge on any atom is -0.497 e. The van der Waals surface area contributed by atoms with Crippen LogP contribution in [0.3, 0.4) is 0 Å². The Kier molecular flexibility index (Phi) is 5.65. The van der Waals surface area contributed by atoms with E-state index in [2.05, 4.69) is 16.9 Å². The number of rotatable bonds is 8. The summed E-state index contributed by atoms with van der Waals surface area (Å²) in [6.45, 7) is 7.41. The van der Waals surface area contributed by atoms with Crippen molar-refractivity contribution in [1.29, 1.82) is 0 Å². The van der Waals surface area contributed by atoms with Crippen LogP contribution in [0.5, 0.6) is 5.75 Å². The number of H-pyrrole nitrogens is 1. The van der Waals surface area contributed by atoms with Gasteiger partial charge in [-0.2, -0.15) is 0 Å². The van der Waals surface area contributed by atoms with Crippen LogP contribution in [0.2, 0.25) is 0 Å². The predicted molar refractivity (Wildman–Crippen MR) is 132 cm³/mol. The Morgan fingerprint density at radius 1 is 1.24 bits per heavy atom. The molecule has 7 heteroatoms. The highest BCUT2D eigenvalue weighted by Crippen LogP contribution is 2.48. The molecular weight excluding hydrogens is 428 g/mol. The molecule has 3 aromatic rings. The van der Waals surface area contributed by atoms with Crippen LogP contribution >= 0.6 is 0 Å². The molecule has 0 bridgehead atoms. The van der Waals surface area contributed by atoms with E-state index in [-0.39, 0.29) is 18.0 Å². The van der Waals surface area contributed by atoms with Gasteiger partial charge < -0.3 is 15.0 Å². The van der Waals surface area contributed by atoms with E-state index in [4.69, 9.17) is 4.74 Å². The number of aromatic nitrogens is 1. The summed E-state index contributed by atoms with van der Waals surface area (Å²) in [5.74, 6) is 0.630. The Morgan fingerprint density at radius 3 is 2.76 bits per heavy atom. The van der Waals surface area contributed by atoms with E-state index in [1.54, 1.807) is 18.1 Å². The number of imide groups is 1. The van der Waals surface area contributed by atoms with Crippen LogP contribution in [0.1, 0.15) is 36.2 Å². The first kappa shape index (κ1) is 22.2. The van der Waals surface area contributed by atoms with Crippen molar-refractivity contribution in [1.82, 2.24) is 20.1 Å². The number of carbonyl (C=O) groups excluding carboxylic acids is 2. The molecule has 2 aliphatic rings. The van der Waals surface area contributed by atoms with Gasteiger partial charge in [-0.15, -0.1) is 6.58 Å². The Morgan fingerprint density at radius 2 is 2.03 bits per heavy atom. The zero-order valence-corrected chi connectivity index (χ0v) is 19.6. The molecule has 1 fully saturated rings. The fraction of sp³-hybridized carbons (Fsp3) is 0.333. The Bertz CT molecular complexity index is 1250. The van der Waals surface area contributed by atoms with Gasteiger partial charge in [-0.05, 0) is 49.2 Å². The summed E-state index contributed by atoms with van der Waals surface area (Å²) in [5.41, 5.74) is 3.02. The molecular formula is C27H30N4O3. The van der Waals surface area contributed by atoms with Crippen LogP contribution in [-0.4, -0.2) is 59.0 Å². The van der Waals surface area contributed by atoms with Crippen molar-refractivity contribution in [3.63, 3.8) is 0 Å². The average Bonchev–Trinajstić information content (AvgIpc) is 3.30. The minimum atomic E-state index is -0.961. The van der Waals surface area contributed by atoms with Crippen LogP contribution in [0.4, 0.5) is 4.79 Å². The molecule has 3 amide bonds. The smallest absolute Gasteiger partial charge is 0.328 e. The maximum Gasteiger partial charge on any atom is 0.328 e. The van der Waals surface area contributed by atoms with E-state index >= 15 is 0 Å². The Labute approximate surface area is 199 Å². The maximum atomic E-state index is 13.8. The van der Waals surface area contributed by atoms with Gasteiger partial charge in [-0.25, -0.2) is 4.79 Å². The van der Waals surface area contributed by atoms with Crippen molar-refractivity contribution < 1.29 is 14.3 Å². The molecule has 0 aliphatic carbocycles. The third-order valence-electron chi connectivity index (χ3n) is 7.01. The second kappa shape index (κ2) is 8.65. The van der Waals surface area contributed by atoms with Crippen molar-refractivity contribution in [3.05, 3.63) is 78.0 Å². The Hall–Kier alpha value is -3.58. The van der Waals surface area contributed by atoms with Crippen molar-refractivity contribution in [2.75, 3.05) is 26.7 Å². The largest absolute Gasteiger partial charge is 0.497 e. The van der Waals surface area contributed by atoms with E-state index in [1.165, 1.54) is 4.90 Å². The number of nitrogens with one attached hydrogen (secondary N) is 2. The lowest BCUT2D eigenvalue weighted by molar-refractivity contribution is -0.133. The van der Waals surface area contributed by atoms with Gasteiger partial charge in [0, 0.05) is 36.1 Å². The number of carbonyl (C=O) groups is 2. The van der Waals surface area contributed by atoms with E-state index in [0.717, 1.165) is 33.5 Å². The van der Waals surface area contributed by atoms with Crippen LogP contribution in [0.25, 0.3) is 10.9 Å². The molecule has 2 aliphatic heterocycles. The molecule has 0 saturated carbocycles. The molecule has 2 N–H and O–H groups in total. The summed E-state index contributed by atoms with van der Waals surface area (Å²) in [5, 5.41) is 4.27. The SMILES string of the molecule is C=CCNCCCN1C(=O)N2C(c3ccccc3)c3[nH]c4ccc(OC)cc4c3C[C@@]2(C)C1=O. The van der Waals surface area contributed by atoms with E-state index < -0.39 is 5.54 Å². The minimum absolute atomic E-state index is 0.134. The van der Waals surface area contributed by atoms with E-state index in [1.807, 2.05) is 55.5 Å². The van der Waals surface area contributed by atoms with E-state index in [0.29, 0.717) is 32.5 Å². The van der Waals surface area contributed by atoms with Gasteiger partial charge >= 0.3 is 6.03 Å². The van der Waals surface area contributed by atoms with Gasteiger partial charge in [-0.1, -0.05) is 36.4 Å². The zero-order valence-electron chi connectivity index (χ0n) is 19.6. The van der Waals surface area contributed by atoms with Gasteiger partial charge in [0.2, 0.25) is 0 Å². The third-order valence-corrected chi connectivity index (χ3v) is 7.01. The lowest BCUT2D eigenvalue weighted by Gasteiger charge is -2.42. The molecule has 1 aromatic heterocycles. The molecule has 0 radical (unpaired) electrons.